The molecule has 1 aromatic rings. The fourth-order valence-corrected chi connectivity index (χ4v) is 2.81. The van der Waals surface area contributed by atoms with E-state index in [-0.39, 0.29) is 29.2 Å². The van der Waals surface area contributed by atoms with E-state index in [0.717, 1.165) is 6.42 Å². The minimum Gasteiger partial charge on any atom is -0.469 e. The number of amides is 1. The summed E-state index contributed by atoms with van der Waals surface area (Å²) < 4.78 is 4.75. The molecular formula is C15H19N3O5. The quantitative estimate of drug-likeness (QED) is 0.485. The Morgan fingerprint density at radius 2 is 2.09 bits per heavy atom. The maximum Gasteiger partial charge on any atom is 0.308 e. The van der Waals surface area contributed by atoms with Crippen LogP contribution in [0.2, 0.25) is 0 Å². The Labute approximate surface area is 133 Å². The molecule has 124 valence electrons. The third-order valence-corrected chi connectivity index (χ3v) is 4.01. The topological polar surface area (TPSA) is 111 Å². The number of methoxy groups -OCH3 is 1. The lowest BCUT2D eigenvalue weighted by Crippen LogP contribution is -2.23. The Morgan fingerprint density at radius 1 is 1.35 bits per heavy atom. The van der Waals surface area contributed by atoms with Gasteiger partial charge in [-0.1, -0.05) is 0 Å². The van der Waals surface area contributed by atoms with E-state index in [1.54, 1.807) is 0 Å². The second-order valence-electron chi connectivity index (χ2n) is 5.44. The van der Waals surface area contributed by atoms with Gasteiger partial charge in [-0.05, 0) is 25.3 Å². The Balaban J connectivity index is 2.18. The van der Waals surface area contributed by atoms with Crippen LogP contribution >= 0.6 is 0 Å². The van der Waals surface area contributed by atoms with Crippen LogP contribution in [0.3, 0.4) is 0 Å². The maximum atomic E-state index is 12.0. The van der Waals surface area contributed by atoms with Crippen LogP contribution < -0.4 is 10.6 Å². The first-order valence-corrected chi connectivity index (χ1v) is 7.31. The van der Waals surface area contributed by atoms with E-state index in [4.69, 9.17) is 4.74 Å². The second kappa shape index (κ2) is 7.08. The summed E-state index contributed by atoms with van der Waals surface area (Å²) >= 11 is 0. The lowest BCUT2D eigenvalue weighted by Gasteiger charge is -2.17. The molecule has 0 spiro atoms. The number of nitro benzene ring substituents is 1. The van der Waals surface area contributed by atoms with Gasteiger partial charge in [0.2, 0.25) is 0 Å². The van der Waals surface area contributed by atoms with Gasteiger partial charge in [0.15, 0.2) is 0 Å². The minimum absolute atomic E-state index is 0.0176. The Morgan fingerprint density at radius 3 is 2.70 bits per heavy atom. The maximum absolute atomic E-state index is 12.0. The zero-order valence-electron chi connectivity index (χ0n) is 13.0. The van der Waals surface area contributed by atoms with E-state index < -0.39 is 10.8 Å². The van der Waals surface area contributed by atoms with Gasteiger partial charge in [0.1, 0.15) is 0 Å². The highest BCUT2D eigenvalue weighted by molar-refractivity contribution is 6.00. The average molecular weight is 321 g/mol. The van der Waals surface area contributed by atoms with Crippen LogP contribution in [0, 0.1) is 16.0 Å². The van der Waals surface area contributed by atoms with Crippen LogP contribution in [0.25, 0.3) is 0 Å². The molecule has 0 unspecified atom stereocenters. The Hall–Kier alpha value is -2.64. The van der Waals surface area contributed by atoms with E-state index >= 15 is 0 Å². The number of nitro groups is 1. The lowest BCUT2D eigenvalue weighted by molar-refractivity contribution is -0.384. The van der Waals surface area contributed by atoms with Crippen molar-refractivity contribution in [1.82, 2.24) is 5.32 Å². The van der Waals surface area contributed by atoms with E-state index in [1.807, 2.05) is 0 Å². The highest BCUT2D eigenvalue weighted by Crippen LogP contribution is 2.31. The smallest absolute Gasteiger partial charge is 0.308 e. The van der Waals surface area contributed by atoms with Gasteiger partial charge >= 0.3 is 5.97 Å². The molecule has 8 nitrogen and oxygen atoms in total. The van der Waals surface area contributed by atoms with Crippen LogP contribution in [-0.2, 0) is 9.53 Å². The summed E-state index contributed by atoms with van der Waals surface area (Å²) in [5, 5.41) is 16.6. The first kappa shape index (κ1) is 16.7. The van der Waals surface area contributed by atoms with Gasteiger partial charge in [0, 0.05) is 30.9 Å². The van der Waals surface area contributed by atoms with Gasteiger partial charge in [-0.3, -0.25) is 19.7 Å². The van der Waals surface area contributed by atoms with Crippen molar-refractivity contribution >= 4 is 23.3 Å². The lowest BCUT2D eigenvalue weighted by atomic mass is 10.1. The molecule has 0 heterocycles. The van der Waals surface area contributed by atoms with Crippen LogP contribution in [0.15, 0.2) is 18.2 Å². The number of benzene rings is 1. The molecule has 0 radical (unpaired) electrons. The summed E-state index contributed by atoms with van der Waals surface area (Å²) in [6.07, 6.45) is 2.09. The molecule has 2 atom stereocenters. The molecule has 0 saturated heterocycles. The fraction of sp³-hybridized carbons (Fsp3) is 0.467. The number of carbonyl (C=O) groups is 2. The standard InChI is InChI=1S/C15H19N3O5/c1-16-14(19)12-8-11(18(21)22)5-6-13(12)17-10-4-3-9(7-10)15(20)23-2/h5-6,8-10,17H,3-4,7H2,1-2H3,(H,16,19)/t9-,10+/m0/s1. The molecule has 1 aliphatic rings. The number of hydrogen-bond donors (Lipinski definition) is 2. The van der Waals surface area contributed by atoms with E-state index in [2.05, 4.69) is 10.6 Å². The molecule has 0 bridgehead atoms. The number of nitrogens with zero attached hydrogens (tertiary/aromatic N) is 1. The predicted molar refractivity (Wildman–Crippen MR) is 83.3 cm³/mol. The molecule has 2 N–H and O–H groups in total. The number of ether oxygens (including phenoxy) is 1. The van der Waals surface area contributed by atoms with Crippen molar-refractivity contribution in [2.24, 2.45) is 5.92 Å². The molecular weight excluding hydrogens is 302 g/mol. The summed E-state index contributed by atoms with van der Waals surface area (Å²) in [7, 11) is 2.83. The highest BCUT2D eigenvalue weighted by atomic mass is 16.6. The molecule has 1 amide bonds. The predicted octanol–water partition coefficient (Wildman–Crippen LogP) is 1.71. The first-order chi connectivity index (χ1) is 11.0. The number of hydrogen-bond acceptors (Lipinski definition) is 6. The molecule has 8 heteroatoms. The summed E-state index contributed by atoms with van der Waals surface area (Å²) in [5.74, 6) is -0.790. The largest absolute Gasteiger partial charge is 0.469 e. The first-order valence-electron chi connectivity index (χ1n) is 7.31. The summed E-state index contributed by atoms with van der Waals surface area (Å²) in [6, 6.07) is 4.13. The molecule has 1 aliphatic carbocycles. The summed E-state index contributed by atoms with van der Waals surface area (Å²) in [4.78, 5) is 33.8. The summed E-state index contributed by atoms with van der Waals surface area (Å²) in [6.45, 7) is 0. The Bertz CT molecular complexity index is 632. The fourth-order valence-electron chi connectivity index (χ4n) is 2.81. The Kier molecular flexibility index (Phi) is 5.15. The highest BCUT2D eigenvalue weighted by Gasteiger charge is 2.31. The average Bonchev–Trinajstić information content (AvgIpc) is 3.02. The molecule has 23 heavy (non-hydrogen) atoms. The van der Waals surface area contributed by atoms with E-state index in [1.165, 1.54) is 32.4 Å². The zero-order valence-corrected chi connectivity index (χ0v) is 13.0. The van der Waals surface area contributed by atoms with Gasteiger partial charge in [0.05, 0.1) is 23.5 Å². The number of rotatable bonds is 5. The van der Waals surface area contributed by atoms with Crippen LogP contribution in [-0.4, -0.2) is 37.0 Å². The third-order valence-electron chi connectivity index (χ3n) is 4.01. The number of nitrogens with one attached hydrogen (secondary N) is 2. The van der Waals surface area contributed by atoms with Crippen molar-refractivity contribution < 1.29 is 19.2 Å². The van der Waals surface area contributed by atoms with Gasteiger partial charge in [-0.2, -0.15) is 0 Å². The van der Waals surface area contributed by atoms with Crippen molar-refractivity contribution in [1.29, 1.82) is 0 Å². The number of carbonyl (C=O) groups excluding carboxylic acids is 2. The molecule has 0 aromatic heterocycles. The molecule has 2 rings (SSSR count). The van der Waals surface area contributed by atoms with Crippen molar-refractivity contribution in [2.75, 3.05) is 19.5 Å². The number of non-ortho nitro benzene ring substituents is 1. The summed E-state index contributed by atoms with van der Waals surface area (Å²) in [5.41, 5.74) is 0.585. The normalized spacial score (nSPS) is 19.9. The molecule has 1 saturated carbocycles. The van der Waals surface area contributed by atoms with Gasteiger partial charge in [0.25, 0.3) is 11.6 Å². The number of esters is 1. The van der Waals surface area contributed by atoms with Crippen molar-refractivity contribution in [3.63, 3.8) is 0 Å². The van der Waals surface area contributed by atoms with Crippen molar-refractivity contribution in [3.8, 4) is 0 Å². The monoisotopic (exact) mass is 321 g/mol. The van der Waals surface area contributed by atoms with Gasteiger partial charge in [-0.25, -0.2) is 0 Å². The van der Waals surface area contributed by atoms with Gasteiger partial charge in [-0.15, -0.1) is 0 Å². The van der Waals surface area contributed by atoms with Crippen molar-refractivity contribution in [2.45, 2.75) is 25.3 Å². The van der Waals surface area contributed by atoms with Crippen molar-refractivity contribution in [3.05, 3.63) is 33.9 Å². The molecule has 1 aromatic carbocycles. The van der Waals surface area contributed by atoms with Crippen LogP contribution in [0.5, 0.6) is 0 Å². The van der Waals surface area contributed by atoms with Gasteiger partial charge < -0.3 is 15.4 Å². The van der Waals surface area contributed by atoms with Crippen LogP contribution in [0.4, 0.5) is 11.4 Å². The number of anilines is 1. The van der Waals surface area contributed by atoms with Crippen LogP contribution in [0.1, 0.15) is 29.6 Å². The molecule has 0 aliphatic heterocycles. The minimum atomic E-state index is -0.543. The van der Waals surface area contributed by atoms with E-state index in [0.29, 0.717) is 18.5 Å². The SMILES string of the molecule is CNC(=O)c1cc([N+](=O)[O-])ccc1N[C@@H]1CC[C@H](C(=O)OC)C1. The third kappa shape index (κ3) is 3.77. The second-order valence-corrected chi connectivity index (χ2v) is 5.44. The zero-order chi connectivity index (χ0) is 17.0. The molecule has 1 fully saturated rings. The van der Waals surface area contributed by atoms with E-state index in [9.17, 15) is 19.7 Å².